The fraction of sp³-hybridized carbons (Fsp3) is 0.148. The van der Waals surface area contributed by atoms with Crippen LogP contribution in [0.5, 0.6) is 0 Å². The molecule has 2 heterocycles. The van der Waals surface area contributed by atoms with E-state index in [9.17, 15) is 9.59 Å². The first kappa shape index (κ1) is 22.0. The van der Waals surface area contributed by atoms with Crippen molar-refractivity contribution in [1.82, 2.24) is 5.16 Å². The van der Waals surface area contributed by atoms with Crippen molar-refractivity contribution in [3.8, 4) is 0 Å². The third kappa shape index (κ3) is 4.61. The maximum atomic E-state index is 13.0. The van der Waals surface area contributed by atoms with E-state index in [1.54, 1.807) is 30.3 Å². The topological polar surface area (TPSA) is 75.4 Å². The van der Waals surface area contributed by atoms with Crippen molar-refractivity contribution in [3.05, 3.63) is 107 Å². The highest BCUT2D eigenvalue weighted by atomic mass is 32.2. The average Bonchev–Trinajstić information content (AvgIpc) is 3.49. The summed E-state index contributed by atoms with van der Waals surface area (Å²) in [6.45, 7) is 2.56. The molecule has 0 radical (unpaired) electrons. The molecule has 170 valence electrons. The summed E-state index contributed by atoms with van der Waals surface area (Å²) in [4.78, 5) is 28.7. The van der Waals surface area contributed by atoms with Crippen LogP contribution in [0.15, 0.2) is 88.3 Å². The molecule has 0 saturated heterocycles. The molecule has 0 saturated carbocycles. The molecule has 0 bridgehead atoms. The van der Waals surface area contributed by atoms with Crippen LogP contribution >= 0.6 is 11.8 Å². The Morgan fingerprint density at radius 1 is 1.03 bits per heavy atom. The number of carbonyl (C=O) groups excluding carboxylic acids is 2. The quantitative estimate of drug-likeness (QED) is 0.365. The van der Waals surface area contributed by atoms with Gasteiger partial charge >= 0.3 is 0 Å². The van der Waals surface area contributed by atoms with Crippen LogP contribution in [-0.2, 0) is 12.2 Å². The summed E-state index contributed by atoms with van der Waals surface area (Å²) < 4.78 is 5.27. The minimum atomic E-state index is -0.204. The number of nitrogens with one attached hydrogen (secondary N) is 1. The van der Waals surface area contributed by atoms with Gasteiger partial charge in [-0.15, -0.1) is 11.8 Å². The van der Waals surface area contributed by atoms with Gasteiger partial charge in [0, 0.05) is 34.4 Å². The Morgan fingerprint density at radius 3 is 2.59 bits per heavy atom. The Balaban J connectivity index is 1.26. The molecule has 0 unspecified atom stereocenters. The van der Waals surface area contributed by atoms with Crippen molar-refractivity contribution in [3.63, 3.8) is 0 Å². The lowest BCUT2D eigenvalue weighted by atomic mass is 10.1. The predicted octanol–water partition coefficient (Wildman–Crippen LogP) is 5.73. The number of carbonyl (C=O) groups is 2. The Morgan fingerprint density at radius 2 is 1.79 bits per heavy atom. The van der Waals surface area contributed by atoms with Crippen LogP contribution in [0.3, 0.4) is 0 Å². The van der Waals surface area contributed by atoms with E-state index in [1.165, 1.54) is 17.3 Å². The minimum Gasteiger partial charge on any atom is -0.360 e. The zero-order chi connectivity index (χ0) is 23.5. The Kier molecular flexibility index (Phi) is 6.18. The maximum Gasteiger partial charge on any atom is 0.258 e. The number of hydrogen-bond donors (Lipinski definition) is 1. The molecule has 5 rings (SSSR count). The molecule has 7 heteroatoms. The van der Waals surface area contributed by atoms with E-state index in [0.717, 1.165) is 28.5 Å². The molecule has 1 aliphatic rings. The average molecular weight is 470 g/mol. The van der Waals surface area contributed by atoms with Crippen molar-refractivity contribution in [1.29, 1.82) is 0 Å². The Bertz CT molecular complexity index is 1350. The summed E-state index contributed by atoms with van der Waals surface area (Å²) in [5.41, 5.74) is 4.80. The number of anilines is 2. The monoisotopic (exact) mass is 469 g/mol. The van der Waals surface area contributed by atoms with Crippen molar-refractivity contribution in [2.45, 2.75) is 24.0 Å². The summed E-state index contributed by atoms with van der Waals surface area (Å²) in [5, 5.41) is 6.84. The number of thioether (sulfide) groups is 1. The van der Waals surface area contributed by atoms with E-state index in [1.807, 2.05) is 54.3 Å². The van der Waals surface area contributed by atoms with E-state index in [-0.39, 0.29) is 11.8 Å². The van der Waals surface area contributed by atoms with Crippen LogP contribution in [0.4, 0.5) is 11.4 Å². The van der Waals surface area contributed by atoms with E-state index in [0.29, 0.717) is 29.1 Å². The molecule has 1 aliphatic heterocycles. The standard InChI is InChI=1S/C27H23N3O3S/c1-18-16-22(33-29-18)17-34-25-9-5-3-7-23(25)26(31)28-21-12-10-20(11-13-21)27(32)30-15-14-19-6-2-4-8-24(19)30/h2-13,16H,14-15,17H2,1H3,(H,28,31). The number of aromatic nitrogens is 1. The second-order valence-electron chi connectivity index (χ2n) is 8.09. The molecule has 3 aromatic carbocycles. The molecule has 6 nitrogen and oxygen atoms in total. The molecule has 1 aromatic heterocycles. The molecule has 0 fully saturated rings. The highest BCUT2D eigenvalue weighted by Gasteiger charge is 2.25. The zero-order valence-electron chi connectivity index (χ0n) is 18.7. The molecule has 1 N–H and O–H groups in total. The Hall–Kier alpha value is -3.84. The predicted molar refractivity (Wildman–Crippen MR) is 133 cm³/mol. The van der Waals surface area contributed by atoms with Gasteiger partial charge < -0.3 is 14.7 Å². The van der Waals surface area contributed by atoms with Gasteiger partial charge in [-0.1, -0.05) is 35.5 Å². The summed E-state index contributed by atoms with van der Waals surface area (Å²) >= 11 is 1.52. The van der Waals surface area contributed by atoms with Gasteiger partial charge in [-0.3, -0.25) is 9.59 Å². The van der Waals surface area contributed by atoms with Crippen LogP contribution in [0.1, 0.15) is 37.7 Å². The molecule has 0 aliphatic carbocycles. The molecule has 2 amide bonds. The largest absolute Gasteiger partial charge is 0.360 e. The second kappa shape index (κ2) is 9.57. The fourth-order valence-electron chi connectivity index (χ4n) is 4.01. The number of hydrogen-bond acceptors (Lipinski definition) is 5. The molecule has 4 aromatic rings. The molecule has 0 atom stereocenters. The summed E-state index contributed by atoms with van der Waals surface area (Å²) in [6, 6.07) is 24.4. The van der Waals surface area contributed by atoms with Gasteiger partial charge in [-0.2, -0.15) is 0 Å². The zero-order valence-corrected chi connectivity index (χ0v) is 19.5. The van der Waals surface area contributed by atoms with Gasteiger partial charge in [-0.05, 0) is 61.4 Å². The van der Waals surface area contributed by atoms with Crippen molar-refractivity contribution in [2.75, 3.05) is 16.8 Å². The van der Waals surface area contributed by atoms with Crippen LogP contribution in [-0.4, -0.2) is 23.5 Å². The van der Waals surface area contributed by atoms with Crippen molar-refractivity contribution in [2.24, 2.45) is 0 Å². The van der Waals surface area contributed by atoms with Crippen LogP contribution in [0.25, 0.3) is 0 Å². The van der Waals surface area contributed by atoms with Crippen LogP contribution in [0.2, 0.25) is 0 Å². The fourth-order valence-corrected chi connectivity index (χ4v) is 4.94. The first-order valence-corrected chi connectivity index (χ1v) is 12.0. The summed E-state index contributed by atoms with van der Waals surface area (Å²) in [6.07, 6.45) is 0.865. The molecule has 34 heavy (non-hydrogen) atoms. The van der Waals surface area contributed by atoms with Crippen LogP contribution < -0.4 is 10.2 Å². The van der Waals surface area contributed by atoms with E-state index in [2.05, 4.69) is 16.5 Å². The van der Waals surface area contributed by atoms with Crippen molar-refractivity contribution >= 4 is 35.0 Å². The van der Waals surface area contributed by atoms with Gasteiger partial charge in [0.05, 0.1) is 17.0 Å². The maximum absolute atomic E-state index is 13.0. The highest BCUT2D eigenvalue weighted by Crippen LogP contribution is 2.30. The number of benzene rings is 3. The van der Waals surface area contributed by atoms with E-state index < -0.39 is 0 Å². The lowest BCUT2D eigenvalue weighted by Crippen LogP contribution is -2.28. The number of amides is 2. The lowest BCUT2D eigenvalue weighted by Gasteiger charge is -2.17. The normalized spacial score (nSPS) is 12.4. The first-order chi connectivity index (χ1) is 16.6. The SMILES string of the molecule is Cc1cc(CSc2ccccc2C(=O)Nc2ccc(C(=O)N3CCc4ccccc43)cc2)on1. The number of nitrogens with zero attached hydrogens (tertiary/aromatic N) is 2. The van der Waals surface area contributed by atoms with Gasteiger partial charge in [0.15, 0.2) is 0 Å². The van der Waals surface area contributed by atoms with Gasteiger partial charge in [0.1, 0.15) is 5.76 Å². The molecular weight excluding hydrogens is 446 g/mol. The minimum absolute atomic E-state index is 0.0350. The van der Waals surface area contributed by atoms with Crippen LogP contribution in [0, 0.1) is 6.92 Å². The summed E-state index contributed by atoms with van der Waals surface area (Å²) in [7, 11) is 0. The van der Waals surface area contributed by atoms with Gasteiger partial charge in [0.25, 0.3) is 11.8 Å². The Labute approximate surface area is 202 Å². The van der Waals surface area contributed by atoms with E-state index >= 15 is 0 Å². The number of rotatable bonds is 6. The third-order valence-corrected chi connectivity index (χ3v) is 6.80. The van der Waals surface area contributed by atoms with E-state index in [4.69, 9.17) is 4.52 Å². The van der Waals surface area contributed by atoms with Crippen molar-refractivity contribution < 1.29 is 14.1 Å². The lowest BCUT2D eigenvalue weighted by molar-refractivity contribution is 0.0988. The molecular formula is C27H23N3O3S. The second-order valence-corrected chi connectivity index (χ2v) is 9.10. The summed E-state index contributed by atoms with van der Waals surface area (Å²) in [5.74, 6) is 1.11. The van der Waals surface area contributed by atoms with Gasteiger partial charge in [-0.25, -0.2) is 0 Å². The van der Waals surface area contributed by atoms with Gasteiger partial charge in [0.2, 0.25) is 0 Å². The number of para-hydroxylation sites is 1. The number of aryl methyl sites for hydroxylation is 1. The third-order valence-electron chi connectivity index (χ3n) is 5.70. The smallest absolute Gasteiger partial charge is 0.258 e. The highest BCUT2D eigenvalue weighted by molar-refractivity contribution is 7.98. The number of fused-ring (bicyclic) bond motifs is 1. The first-order valence-electron chi connectivity index (χ1n) is 11.0. The molecule has 0 spiro atoms.